The van der Waals surface area contributed by atoms with Crippen LogP contribution in [0.2, 0.25) is 0 Å². The van der Waals surface area contributed by atoms with Crippen molar-refractivity contribution in [1.82, 2.24) is 0 Å². The van der Waals surface area contributed by atoms with Gasteiger partial charge in [0.1, 0.15) is 61.5 Å². The molecule has 2 heterocycles. The SMILES string of the molecule is CCC=CCC=CCC=CCC=CCC=CCC(=O)OCC(O)COC1OC(COC2OC(CO)C(O)C(O)C2O)C(O)C(O)C1O. The molecule has 0 amide bonds. The molecule has 0 aromatic rings. The Morgan fingerprint density at radius 3 is 1.64 bits per heavy atom. The Kier molecular flexibility index (Phi) is 20.1. The van der Waals surface area contributed by atoms with E-state index in [0.29, 0.717) is 6.42 Å². The quantitative estimate of drug-likeness (QED) is 0.0613. The minimum absolute atomic E-state index is 0.00571. The van der Waals surface area contributed by atoms with E-state index in [9.17, 15) is 45.6 Å². The van der Waals surface area contributed by atoms with Crippen LogP contribution < -0.4 is 0 Å². The molecule has 14 nitrogen and oxygen atoms in total. The predicted molar refractivity (Wildman–Crippen MR) is 168 cm³/mol. The maximum absolute atomic E-state index is 12.0. The third kappa shape index (κ3) is 14.8. The first-order valence-corrected chi connectivity index (χ1v) is 15.9. The van der Waals surface area contributed by atoms with Crippen LogP contribution in [-0.2, 0) is 28.5 Å². The number of carbonyl (C=O) groups excluding carboxylic acids is 1. The average Bonchev–Trinajstić information content (AvgIpc) is 3.06. The van der Waals surface area contributed by atoms with E-state index in [0.717, 1.165) is 25.7 Å². The Labute approximate surface area is 275 Å². The molecule has 268 valence electrons. The van der Waals surface area contributed by atoms with Crippen molar-refractivity contribution in [3.8, 4) is 0 Å². The zero-order valence-corrected chi connectivity index (χ0v) is 26.7. The van der Waals surface area contributed by atoms with E-state index in [2.05, 4.69) is 43.4 Å². The van der Waals surface area contributed by atoms with E-state index in [1.807, 2.05) is 18.2 Å². The van der Waals surface area contributed by atoms with Gasteiger partial charge in [-0.15, -0.1) is 0 Å². The lowest BCUT2D eigenvalue weighted by Gasteiger charge is -2.42. The second-order valence-corrected chi connectivity index (χ2v) is 11.1. The van der Waals surface area contributed by atoms with Crippen LogP contribution in [0.25, 0.3) is 0 Å². The number of aliphatic hydroxyl groups excluding tert-OH is 8. The van der Waals surface area contributed by atoms with Gasteiger partial charge in [-0.3, -0.25) is 4.79 Å². The third-order valence-electron chi connectivity index (χ3n) is 7.27. The van der Waals surface area contributed by atoms with Crippen molar-refractivity contribution in [2.45, 2.75) is 113 Å². The molecule has 0 aromatic carbocycles. The van der Waals surface area contributed by atoms with Gasteiger partial charge in [-0.25, -0.2) is 0 Å². The van der Waals surface area contributed by atoms with Crippen molar-refractivity contribution in [2.24, 2.45) is 0 Å². The molecule has 14 heteroatoms. The van der Waals surface area contributed by atoms with E-state index in [1.165, 1.54) is 0 Å². The fourth-order valence-corrected chi connectivity index (χ4v) is 4.52. The molecule has 2 aliphatic rings. The van der Waals surface area contributed by atoms with E-state index < -0.39 is 99.9 Å². The summed E-state index contributed by atoms with van der Waals surface area (Å²) >= 11 is 0. The van der Waals surface area contributed by atoms with Gasteiger partial charge < -0.3 is 64.5 Å². The molecule has 2 saturated heterocycles. The maximum atomic E-state index is 12.0. The van der Waals surface area contributed by atoms with Crippen molar-refractivity contribution < 1.29 is 69.3 Å². The van der Waals surface area contributed by atoms with Crippen LogP contribution in [0.15, 0.2) is 60.8 Å². The van der Waals surface area contributed by atoms with Crippen LogP contribution in [-0.4, -0.2) is 141 Å². The summed E-state index contributed by atoms with van der Waals surface area (Å²) in [5.41, 5.74) is 0. The van der Waals surface area contributed by atoms with Crippen LogP contribution in [0.3, 0.4) is 0 Å². The molecule has 11 atom stereocenters. The molecule has 11 unspecified atom stereocenters. The molecule has 0 spiro atoms. The van der Waals surface area contributed by atoms with Gasteiger partial charge in [0, 0.05) is 0 Å². The van der Waals surface area contributed by atoms with Crippen LogP contribution in [0.1, 0.15) is 45.4 Å². The van der Waals surface area contributed by atoms with Gasteiger partial charge in [-0.1, -0.05) is 67.7 Å². The summed E-state index contributed by atoms with van der Waals surface area (Å²) in [5, 5.41) is 80.2. The normalized spacial score (nSPS) is 32.8. The van der Waals surface area contributed by atoms with E-state index in [4.69, 9.17) is 23.7 Å². The van der Waals surface area contributed by atoms with Gasteiger partial charge in [0.2, 0.25) is 0 Å². The highest BCUT2D eigenvalue weighted by atomic mass is 16.7. The first-order chi connectivity index (χ1) is 22.6. The lowest BCUT2D eigenvalue weighted by atomic mass is 9.98. The maximum Gasteiger partial charge on any atom is 0.309 e. The van der Waals surface area contributed by atoms with Crippen LogP contribution in [0.5, 0.6) is 0 Å². The molecule has 47 heavy (non-hydrogen) atoms. The number of ether oxygens (including phenoxy) is 5. The average molecular weight is 673 g/mol. The molecule has 2 rings (SSSR count). The van der Waals surface area contributed by atoms with E-state index in [-0.39, 0.29) is 6.42 Å². The Balaban J connectivity index is 1.65. The van der Waals surface area contributed by atoms with E-state index >= 15 is 0 Å². The van der Waals surface area contributed by atoms with Crippen molar-refractivity contribution in [3.05, 3.63) is 60.8 Å². The Morgan fingerprint density at radius 2 is 1.11 bits per heavy atom. The van der Waals surface area contributed by atoms with Crippen LogP contribution >= 0.6 is 0 Å². The smallest absolute Gasteiger partial charge is 0.309 e. The molecule has 2 fully saturated rings. The molecule has 0 aromatic heterocycles. The minimum atomic E-state index is -1.74. The van der Waals surface area contributed by atoms with Crippen molar-refractivity contribution in [1.29, 1.82) is 0 Å². The third-order valence-corrected chi connectivity index (χ3v) is 7.27. The first kappa shape index (κ1) is 40.9. The fourth-order valence-electron chi connectivity index (χ4n) is 4.52. The van der Waals surface area contributed by atoms with Gasteiger partial charge in [-0.2, -0.15) is 0 Å². The topological polar surface area (TPSA) is 225 Å². The first-order valence-electron chi connectivity index (χ1n) is 15.9. The van der Waals surface area contributed by atoms with E-state index in [1.54, 1.807) is 6.08 Å². The highest BCUT2D eigenvalue weighted by Crippen LogP contribution is 2.26. The summed E-state index contributed by atoms with van der Waals surface area (Å²) in [6.07, 6.45) is 7.69. The molecule has 0 radical (unpaired) electrons. The summed E-state index contributed by atoms with van der Waals surface area (Å²) in [6, 6.07) is 0. The number of rotatable bonds is 20. The van der Waals surface area contributed by atoms with Gasteiger partial charge in [0.25, 0.3) is 0 Å². The molecule has 0 saturated carbocycles. The number of carbonyl (C=O) groups is 1. The number of hydrogen-bond donors (Lipinski definition) is 8. The molecular formula is C33H52O14. The molecule has 8 N–H and O–H groups in total. The molecule has 0 bridgehead atoms. The van der Waals surface area contributed by atoms with Crippen molar-refractivity contribution in [3.63, 3.8) is 0 Å². The lowest BCUT2D eigenvalue weighted by molar-refractivity contribution is -0.332. The number of allylic oxidation sites excluding steroid dienone is 9. The summed E-state index contributed by atoms with van der Waals surface area (Å²) in [7, 11) is 0. The van der Waals surface area contributed by atoms with Crippen molar-refractivity contribution >= 4 is 5.97 Å². The van der Waals surface area contributed by atoms with Gasteiger partial charge in [0.05, 0.1) is 26.2 Å². The summed E-state index contributed by atoms with van der Waals surface area (Å²) in [5.74, 6) is -0.566. The Hall–Kier alpha value is -2.31. The fraction of sp³-hybridized carbons (Fsp3) is 0.667. The van der Waals surface area contributed by atoms with Gasteiger partial charge in [-0.05, 0) is 32.1 Å². The van der Waals surface area contributed by atoms with Crippen molar-refractivity contribution in [2.75, 3.05) is 26.4 Å². The predicted octanol–water partition coefficient (Wildman–Crippen LogP) is -0.327. The summed E-state index contributed by atoms with van der Waals surface area (Å²) < 4.78 is 26.5. The zero-order chi connectivity index (χ0) is 34.6. The van der Waals surface area contributed by atoms with Crippen LogP contribution in [0, 0.1) is 0 Å². The van der Waals surface area contributed by atoms with Crippen LogP contribution in [0.4, 0.5) is 0 Å². The van der Waals surface area contributed by atoms with Gasteiger partial charge in [0.15, 0.2) is 12.6 Å². The number of aliphatic hydroxyl groups is 8. The zero-order valence-electron chi connectivity index (χ0n) is 26.7. The molecule has 2 aliphatic heterocycles. The minimum Gasteiger partial charge on any atom is -0.463 e. The highest BCUT2D eigenvalue weighted by molar-refractivity contribution is 5.71. The molecule has 0 aliphatic carbocycles. The number of esters is 1. The second-order valence-electron chi connectivity index (χ2n) is 11.1. The monoisotopic (exact) mass is 672 g/mol. The van der Waals surface area contributed by atoms with Gasteiger partial charge >= 0.3 is 5.97 Å². The highest BCUT2D eigenvalue weighted by Gasteiger charge is 2.47. The Morgan fingerprint density at radius 1 is 0.638 bits per heavy atom. The lowest BCUT2D eigenvalue weighted by Crippen LogP contribution is -2.61. The Bertz CT molecular complexity index is 1010. The molecular weight excluding hydrogens is 620 g/mol. The standard InChI is InChI=1S/C33H52O14/c1-2-3-4-5-6-7-8-9-10-11-12-13-14-15-16-17-25(36)43-19-22(35)20-44-32-31(42)29(40)27(38)24(47-32)21-45-33-30(41)28(39)26(37)23(18-34)46-33/h3-4,6-7,9-10,12-13,15-16,22-24,26-35,37-42H,2,5,8,11,14,17-21H2,1H3. The summed E-state index contributed by atoms with van der Waals surface area (Å²) in [6.45, 7) is 0.0530. The largest absolute Gasteiger partial charge is 0.463 e. The number of hydrogen-bond acceptors (Lipinski definition) is 14. The second kappa shape index (κ2) is 23.1. The summed E-state index contributed by atoms with van der Waals surface area (Å²) in [4.78, 5) is 12.0.